The lowest BCUT2D eigenvalue weighted by atomic mass is 9.86. The molecule has 112 valence electrons. The molecular formula is C17H22FN3. The van der Waals surface area contributed by atoms with Crippen molar-refractivity contribution in [2.45, 2.75) is 63.3 Å². The van der Waals surface area contributed by atoms with Gasteiger partial charge in [0.25, 0.3) is 0 Å². The summed E-state index contributed by atoms with van der Waals surface area (Å²) in [5.74, 6) is 0.905. The number of aryl methyl sites for hydroxylation is 1. The summed E-state index contributed by atoms with van der Waals surface area (Å²) in [4.78, 5) is 4.70. The molecule has 1 aromatic carbocycles. The first-order chi connectivity index (χ1) is 10.2. The van der Waals surface area contributed by atoms with Crippen LogP contribution < -0.4 is 5.32 Å². The average Bonchev–Trinajstić information content (AvgIpc) is 2.98. The lowest BCUT2D eigenvalue weighted by molar-refractivity contribution is 0.0863. The summed E-state index contributed by atoms with van der Waals surface area (Å²) < 4.78 is 17.5. The van der Waals surface area contributed by atoms with E-state index in [9.17, 15) is 0 Å². The molecule has 1 N–H and O–H groups in total. The van der Waals surface area contributed by atoms with Crippen LogP contribution in [0.15, 0.2) is 24.3 Å². The summed E-state index contributed by atoms with van der Waals surface area (Å²) in [5, 5.41) is 3.52. The number of hydrogen-bond donors (Lipinski definition) is 1. The summed E-state index contributed by atoms with van der Waals surface area (Å²) in [7, 11) is 0. The molecule has 21 heavy (non-hydrogen) atoms. The molecule has 2 atom stereocenters. The Bertz CT molecular complexity index is 651. The van der Waals surface area contributed by atoms with Gasteiger partial charge in [0.05, 0.1) is 11.0 Å². The van der Waals surface area contributed by atoms with Crippen LogP contribution in [0.2, 0.25) is 0 Å². The lowest BCUT2D eigenvalue weighted by Crippen LogP contribution is -2.47. The van der Waals surface area contributed by atoms with Gasteiger partial charge in [0.1, 0.15) is 11.5 Å². The number of aromatic nitrogens is 2. The van der Waals surface area contributed by atoms with Gasteiger partial charge in [-0.25, -0.2) is 9.37 Å². The minimum Gasteiger partial charge on any atom is -0.328 e. The van der Waals surface area contributed by atoms with Crippen LogP contribution in [0.25, 0.3) is 11.0 Å². The number of benzene rings is 1. The van der Waals surface area contributed by atoms with Crippen molar-refractivity contribution in [2.24, 2.45) is 0 Å². The number of imidazole rings is 1. The number of fused-ring (bicyclic) bond motifs is 3. The molecule has 0 amide bonds. The van der Waals surface area contributed by atoms with Crippen molar-refractivity contribution in [1.29, 1.82) is 0 Å². The molecule has 2 fully saturated rings. The molecule has 2 saturated heterocycles. The van der Waals surface area contributed by atoms with E-state index in [0.29, 0.717) is 31.3 Å². The zero-order valence-corrected chi connectivity index (χ0v) is 12.5. The number of nitrogens with zero attached hydrogens (tertiary/aromatic N) is 2. The molecule has 3 nitrogen and oxygen atoms in total. The van der Waals surface area contributed by atoms with Gasteiger partial charge in [-0.15, -0.1) is 0 Å². The normalized spacial score (nSPS) is 31.9. The molecule has 2 aromatic rings. The fourth-order valence-corrected chi connectivity index (χ4v) is 4.23. The van der Waals surface area contributed by atoms with Crippen LogP contribution in [-0.4, -0.2) is 27.3 Å². The molecule has 4 heteroatoms. The standard InChI is InChI=1S/C17H22FN3/c1-2-21-15-6-4-3-5-14(15)20-16(21)11-17(18)9-12-7-8-13(10-17)19-12/h3-6,12-13,19H,2,7-11H2,1H3. The fourth-order valence-electron chi connectivity index (χ4n) is 4.23. The molecule has 4 rings (SSSR count). The number of halogens is 1. The van der Waals surface area contributed by atoms with E-state index in [2.05, 4.69) is 22.9 Å². The van der Waals surface area contributed by atoms with Gasteiger partial charge >= 0.3 is 0 Å². The van der Waals surface area contributed by atoms with Crippen LogP contribution in [0, 0.1) is 0 Å². The van der Waals surface area contributed by atoms with E-state index in [1.807, 2.05) is 18.2 Å². The molecule has 0 spiro atoms. The third-order valence-electron chi connectivity index (χ3n) is 5.08. The number of alkyl halides is 1. The Labute approximate surface area is 124 Å². The molecule has 2 unspecified atom stereocenters. The summed E-state index contributed by atoms with van der Waals surface area (Å²) >= 11 is 0. The van der Waals surface area contributed by atoms with E-state index >= 15 is 4.39 Å². The first-order valence-corrected chi connectivity index (χ1v) is 8.06. The van der Waals surface area contributed by atoms with E-state index in [1.165, 1.54) is 0 Å². The largest absolute Gasteiger partial charge is 0.328 e. The van der Waals surface area contributed by atoms with Gasteiger partial charge in [-0.2, -0.15) is 0 Å². The Balaban J connectivity index is 1.67. The predicted octanol–water partition coefficient (Wildman–Crippen LogP) is 3.22. The predicted molar refractivity (Wildman–Crippen MR) is 82.1 cm³/mol. The molecule has 1 aromatic heterocycles. The second-order valence-electron chi connectivity index (χ2n) is 6.63. The summed E-state index contributed by atoms with van der Waals surface area (Å²) in [5.41, 5.74) is 1.01. The minimum absolute atomic E-state index is 0.369. The Hall–Kier alpha value is -1.42. The van der Waals surface area contributed by atoms with Crippen molar-refractivity contribution >= 4 is 11.0 Å². The quantitative estimate of drug-likeness (QED) is 0.939. The fraction of sp³-hybridized carbons (Fsp3) is 0.588. The first kappa shape index (κ1) is 13.3. The highest BCUT2D eigenvalue weighted by molar-refractivity contribution is 5.75. The number of piperidine rings is 1. The van der Waals surface area contributed by atoms with Crippen LogP contribution in [0.3, 0.4) is 0 Å². The van der Waals surface area contributed by atoms with E-state index in [1.54, 1.807) is 0 Å². The van der Waals surface area contributed by atoms with E-state index < -0.39 is 5.67 Å². The molecule has 0 saturated carbocycles. The maximum absolute atomic E-state index is 15.4. The van der Waals surface area contributed by atoms with Crippen molar-refractivity contribution in [3.63, 3.8) is 0 Å². The van der Waals surface area contributed by atoms with E-state index in [4.69, 9.17) is 4.98 Å². The molecule has 3 heterocycles. The van der Waals surface area contributed by atoms with Crippen LogP contribution in [-0.2, 0) is 13.0 Å². The highest BCUT2D eigenvalue weighted by Gasteiger charge is 2.44. The highest BCUT2D eigenvalue weighted by atomic mass is 19.1. The van der Waals surface area contributed by atoms with Crippen LogP contribution in [0.1, 0.15) is 38.4 Å². The molecule has 0 aliphatic carbocycles. The van der Waals surface area contributed by atoms with Gasteiger partial charge in [0, 0.05) is 25.0 Å². The van der Waals surface area contributed by atoms with E-state index in [-0.39, 0.29) is 0 Å². The number of para-hydroxylation sites is 2. The zero-order chi connectivity index (χ0) is 14.4. The van der Waals surface area contributed by atoms with Gasteiger partial charge in [-0.1, -0.05) is 12.1 Å². The Morgan fingerprint density at radius 2 is 2.00 bits per heavy atom. The molecule has 0 radical (unpaired) electrons. The van der Waals surface area contributed by atoms with Crippen molar-refractivity contribution < 1.29 is 4.39 Å². The Kier molecular flexibility index (Phi) is 3.03. The smallest absolute Gasteiger partial charge is 0.121 e. The van der Waals surface area contributed by atoms with Gasteiger partial charge in [-0.05, 0) is 44.7 Å². The third-order valence-corrected chi connectivity index (χ3v) is 5.08. The van der Waals surface area contributed by atoms with Gasteiger partial charge in [0.2, 0.25) is 0 Å². The monoisotopic (exact) mass is 287 g/mol. The van der Waals surface area contributed by atoms with Gasteiger partial charge < -0.3 is 9.88 Å². The average molecular weight is 287 g/mol. The van der Waals surface area contributed by atoms with Crippen LogP contribution >= 0.6 is 0 Å². The van der Waals surface area contributed by atoms with Gasteiger partial charge in [-0.3, -0.25) is 0 Å². The topological polar surface area (TPSA) is 29.9 Å². The van der Waals surface area contributed by atoms with Crippen molar-refractivity contribution in [3.05, 3.63) is 30.1 Å². The minimum atomic E-state index is -1.09. The summed E-state index contributed by atoms with van der Waals surface area (Å²) in [6, 6.07) is 8.85. The lowest BCUT2D eigenvalue weighted by Gasteiger charge is -2.34. The van der Waals surface area contributed by atoms with Gasteiger partial charge in [0.15, 0.2) is 0 Å². The zero-order valence-electron chi connectivity index (χ0n) is 12.5. The second kappa shape index (κ2) is 4.80. The highest BCUT2D eigenvalue weighted by Crippen LogP contribution is 2.39. The number of hydrogen-bond acceptors (Lipinski definition) is 2. The van der Waals surface area contributed by atoms with Crippen LogP contribution in [0.5, 0.6) is 0 Å². The Morgan fingerprint density at radius 1 is 1.29 bits per heavy atom. The molecule has 2 bridgehead atoms. The number of nitrogens with one attached hydrogen (secondary N) is 1. The van der Waals surface area contributed by atoms with Crippen molar-refractivity contribution in [2.75, 3.05) is 0 Å². The first-order valence-electron chi connectivity index (χ1n) is 8.06. The SMILES string of the molecule is CCn1c(CC2(F)CC3CCC(C2)N3)nc2ccccc21. The van der Waals surface area contributed by atoms with Crippen LogP contribution in [0.4, 0.5) is 4.39 Å². The Morgan fingerprint density at radius 3 is 2.71 bits per heavy atom. The maximum Gasteiger partial charge on any atom is 0.121 e. The van der Waals surface area contributed by atoms with Crippen molar-refractivity contribution in [1.82, 2.24) is 14.9 Å². The molecule has 2 aliphatic rings. The van der Waals surface area contributed by atoms with Crippen molar-refractivity contribution in [3.8, 4) is 0 Å². The maximum atomic E-state index is 15.4. The molecule has 2 aliphatic heterocycles. The van der Waals surface area contributed by atoms with E-state index in [0.717, 1.165) is 36.2 Å². The molecular weight excluding hydrogens is 265 g/mol. The summed E-state index contributed by atoms with van der Waals surface area (Å²) in [6.07, 6.45) is 3.97. The second-order valence-corrected chi connectivity index (χ2v) is 6.63. The third kappa shape index (κ3) is 2.26. The number of rotatable bonds is 3. The summed E-state index contributed by atoms with van der Waals surface area (Å²) in [6.45, 7) is 2.95.